The normalized spacial score (nSPS) is 12.3. The minimum absolute atomic E-state index is 0. The van der Waals surface area contributed by atoms with E-state index in [1.807, 2.05) is 49.9 Å². The predicted molar refractivity (Wildman–Crippen MR) is 143 cm³/mol. The molecule has 0 saturated carbocycles. The van der Waals surface area contributed by atoms with Crippen LogP contribution in [0.5, 0.6) is 0 Å². The number of aliphatic carboxylic acids is 1. The summed E-state index contributed by atoms with van der Waals surface area (Å²) in [6.07, 6.45) is 0.458. The van der Waals surface area contributed by atoms with Gasteiger partial charge in [0.05, 0.1) is 5.41 Å². The van der Waals surface area contributed by atoms with Crippen LogP contribution in [0.2, 0.25) is 5.02 Å². The molecule has 3 nitrogen and oxygen atoms in total. The van der Waals surface area contributed by atoms with Crippen LogP contribution in [0.25, 0.3) is 10.9 Å². The second kappa shape index (κ2) is 10.8. The Kier molecular flexibility index (Phi) is 9.26. The molecule has 33 heavy (non-hydrogen) atoms. The first kappa shape index (κ1) is 28.3. The van der Waals surface area contributed by atoms with E-state index in [0.29, 0.717) is 23.9 Å². The van der Waals surface area contributed by atoms with Gasteiger partial charge in [0, 0.05) is 73.8 Å². The summed E-state index contributed by atoms with van der Waals surface area (Å²) in [5, 5.41) is 11.8. The van der Waals surface area contributed by atoms with E-state index in [0.717, 1.165) is 16.8 Å². The second-order valence-corrected chi connectivity index (χ2v) is 12.8. The number of halogens is 1. The maximum Gasteiger partial charge on any atom is 0.309 e. The molecule has 3 aromatic rings. The van der Waals surface area contributed by atoms with Gasteiger partial charge in [-0.05, 0) is 55.2 Å². The number of carbonyl (C=O) groups is 1. The van der Waals surface area contributed by atoms with Crippen LogP contribution in [0.4, 0.5) is 0 Å². The first-order chi connectivity index (χ1) is 14.8. The van der Waals surface area contributed by atoms with E-state index in [4.69, 9.17) is 11.6 Å². The van der Waals surface area contributed by atoms with E-state index in [-0.39, 0.29) is 34.3 Å². The van der Waals surface area contributed by atoms with Crippen molar-refractivity contribution >= 4 is 69.8 Å². The summed E-state index contributed by atoms with van der Waals surface area (Å²) in [5.74, 6) is -0.360. The van der Waals surface area contributed by atoms with Crippen LogP contribution in [0, 0.1) is 5.41 Å². The fraction of sp³-hybridized carbons (Fsp3) is 0.444. The second-order valence-electron chi connectivity index (χ2n) is 10.5. The maximum absolute atomic E-state index is 12.1. The topological polar surface area (TPSA) is 42.2 Å². The molecule has 0 fully saturated rings. The Morgan fingerprint density at radius 1 is 1.06 bits per heavy atom. The van der Waals surface area contributed by atoms with Crippen LogP contribution in [0.3, 0.4) is 0 Å². The molecule has 0 amide bonds. The van der Waals surface area contributed by atoms with Crippen LogP contribution in [-0.2, 0) is 17.8 Å². The predicted octanol–water partition coefficient (Wildman–Crippen LogP) is 7.63. The summed E-state index contributed by atoms with van der Waals surface area (Å²) in [7, 11) is 0. The number of rotatable bonds is 7. The summed E-state index contributed by atoms with van der Waals surface area (Å²) in [4.78, 5) is 13.2. The van der Waals surface area contributed by atoms with Gasteiger partial charge >= 0.3 is 5.97 Å². The van der Waals surface area contributed by atoms with Gasteiger partial charge in [0.25, 0.3) is 0 Å². The molecule has 0 atom stereocenters. The van der Waals surface area contributed by atoms with Crippen molar-refractivity contribution in [1.29, 1.82) is 0 Å². The molecule has 3 rings (SSSR count). The molecule has 0 spiro atoms. The van der Waals surface area contributed by atoms with Crippen LogP contribution in [0.1, 0.15) is 71.2 Å². The Hall–Kier alpha value is -0.910. The van der Waals surface area contributed by atoms with Crippen molar-refractivity contribution < 1.29 is 9.90 Å². The number of hydrogen-bond acceptors (Lipinski definition) is 2. The smallest absolute Gasteiger partial charge is 0.309 e. The number of hydrogen-bond donors (Lipinski definition) is 1. The monoisotopic (exact) mass is 494 g/mol. The molecular formula is C27H34ClNNaO2S. The molecule has 1 heterocycles. The molecule has 0 aliphatic heterocycles. The van der Waals surface area contributed by atoms with E-state index in [1.165, 1.54) is 15.8 Å². The Labute approximate surface area is 229 Å². The maximum atomic E-state index is 12.1. The van der Waals surface area contributed by atoms with Crippen molar-refractivity contribution in [2.24, 2.45) is 5.41 Å². The first-order valence-corrected chi connectivity index (χ1v) is 12.3. The minimum atomic E-state index is -0.875. The van der Waals surface area contributed by atoms with Crippen molar-refractivity contribution in [2.45, 2.75) is 77.0 Å². The molecule has 1 radical (unpaired) electrons. The van der Waals surface area contributed by atoms with Crippen LogP contribution >= 0.6 is 23.4 Å². The molecule has 0 aliphatic rings. The largest absolute Gasteiger partial charge is 0.481 e. The van der Waals surface area contributed by atoms with Gasteiger partial charge in [-0.3, -0.25) is 4.79 Å². The summed E-state index contributed by atoms with van der Waals surface area (Å²) in [6, 6.07) is 14.6. The number of benzene rings is 2. The summed E-state index contributed by atoms with van der Waals surface area (Å²) in [5.41, 5.74) is 3.79. The van der Waals surface area contributed by atoms with Gasteiger partial charge in [-0.15, -0.1) is 11.8 Å². The quantitative estimate of drug-likeness (QED) is 0.271. The average Bonchev–Trinajstić information content (AvgIpc) is 2.94. The van der Waals surface area contributed by atoms with Gasteiger partial charge < -0.3 is 9.67 Å². The molecule has 173 valence electrons. The first-order valence-electron chi connectivity index (χ1n) is 11.1. The third kappa shape index (κ3) is 6.82. The van der Waals surface area contributed by atoms with Crippen molar-refractivity contribution in [1.82, 2.24) is 4.57 Å². The molecule has 1 N–H and O–H groups in total. The summed E-state index contributed by atoms with van der Waals surface area (Å²) >= 11 is 7.94. The summed E-state index contributed by atoms with van der Waals surface area (Å²) < 4.78 is 2.30. The zero-order valence-corrected chi connectivity index (χ0v) is 24.7. The third-order valence-electron chi connectivity index (χ3n) is 5.66. The van der Waals surface area contributed by atoms with E-state index in [2.05, 4.69) is 57.4 Å². The molecule has 6 heteroatoms. The van der Waals surface area contributed by atoms with Crippen molar-refractivity contribution in [3.63, 3.8) is 0 Å². The molecular weight excluding hydrogens is 461 g/mol. The zero-order chi connectivity index (χ0) is 23.8. The molecule has 0 bridgehead atoms. The number of carboxylic acids is 1. The van der Waals surface area contributed by atoms with E-state index in [1.54, 1.807) is 0 Å². The van der Waals surface area contributed by atoms with Gasteiger partial charge in [0.1, 0.15) is 0 Å². The van der Waals surface area contributed by atoms with Gasteiger partial charge in [-0.1, -0.05) is 64.4 Å². The molecule has 2 aromatic carbocycles. The van der Waals surface area contributed by atoms with Gasteiger partial charge in [0.15, 0.2) is 0 Å². The molecule has 0 saturated heterocycles. The number of nitrogens with zero attached hydrogens (tertiary/aromatic N) is 1. The fourth-order valence-electron chi connectivity index (χ4n) is 3.80. The number of fused-ring (bicyclic) bond motifs is 1. The molecule has 0 unspecified atom stereocenters. The SMILES string of the molecule is CC(C)c1ccc2c(c1)c(SC(C)(C)C)c(CC(C)(C)C(=O)O)n2Cc1ccc(Cl)cc1.[Na]. The Balaban J connectivity index is 0.00000385. The van der Waals surface area contributed by atoms with E-state index < -0.39 is 11.4 Å². The van der Waals surface area contributed by atoms with E-state index in [9.17, 15) is 9.90 Å². The minimum Gasteiger partial charge on any atom is -0.481 e. The van der Waals surface area contributed by atoms with Gasteiger partial charge in [-0.2, -0.15) is 0 Å². The number of aromatic nitrogens is 1. The van der Waals surface area contributed by atoms with Crippen molar-refractivity contribution in [2.75, 3.05) is 0 Å². The van der Waals surface area contributed by atoms with Crippen molar-refractivity contribution in [3.05, 3.63) is 64.3 Å². The number of thioether (sulfide) groups is 1. The summed E-state index contributed by atoms with van der Waals surface area (Å²) in [6.45, 7) is 15.3. The van der Waals surface area contributed by atoms with Gasteiger partial charge in [-0.25, -0.2) is 0 Å². The third-order valence-corrected chi connectivity index (χ3v) is 7.19. The molecule has 0 aliphatic carbocycles. The van der Waals surface area contributed by atoms with E-state index >= 15 is 0 Å². The Bertz CT molecular complexity index is 1130. The fourth-order valence-corrected chi connectivity index (χ4v) is 5.11. The van der Waals surface area contributed by atoms with Crippen LogP contribution in [0.15, 0.2) is 47.4 Å². The Morgan fingerprint density at radius 2 is 1.67 bits per heavy atom. The van der Waals surface area contributed by atoms with Crippen LogP contribution in [-0.4, -0.2) is 49.9 Å². The standard InChI is InChI=1S/C27H34ClNO2S.Na/c1-17(2)19-10-13-22-21(14-19)24(32-26(3,4)5)23(15-27(6,7)25(30)31)29(22)16-18-8-11-20(28)12-9-18;/h8-14,17H,15-16H2,1-7H3,(H,30,31);. The van der Waals surface area contributed by atoms with Crippen molar-refractivity contribution in [3.8, 4) is 0 Å². The molecule has 1 aromatic heterocycles. The van der Waals surface area contributed by atoms with Crippen LogP contribution < -0.4 is 0 Å². The zero-order valence-electron chi connectivity index (χ0n) is 21.1. The average molecular weight is 495 g/mol. The number of carboxylic acid groups (broad SMARTS) is 1. The Morgan fingerprint density at radius 3 is 2.18 bits per heavy atom. The van der Waals surface area contributed by atoms with Gasteiger partial charge in [0.2, 0.25) is 0 Å².